The first-order chi connectivity index (χ1) is 11.5. The Morgan fingerprint density at radius 1 is 1.12 bits per heavy atom. The summed E-state index contributed by atoms with van der Waals surface area (Å²) in [6, 6.07) is 6.18. The lowest BCUT2D eigenvalue weighted by Gasteiger charge is -2.18. The molecule has 0 atom stereocenters. The van der Waals surface area contributed by atoms with E-state index in [0.717, 1.165) is 5.56 Å². The zero-order valence-corrected chi connectivity index (χ0v) is 14.1. The Hall–Kier alpha value is -2.58. The van der Waals surface area contributed by atoms with Crippen molar-refractivity contribution in [3.05, 3.63) is 35.7 Å². The summed E-state index contributed by atoms with van der Waals surface area (Å²) >= 11 is 0. The van der Waals surface area contributed by atoms with Crippen molar-refractivity contribution in [3.8, 4) is 11.4 Å². The molecule has 25 heavy (non-hydrogen) atoms. The molecule has 2 aromatic rings. The van der Waals surface area contributed by atoms with Crippen molar-refractivity contribution < 1.29 is 22.5 Å². The number of halogens is 3. The van der Waals surface area contributed by atoms with E-state index in [0.29, 0.717) is 12.1 Å². The van der Waals surface area contributed by atoms with Crippen molar-refractivity contribution in [1.82, 2.24) is 20.8 Å². The second kappa shape index (κ2) is 7.12. The average Bonchev–Trinajstić information content (AvgIpc) is 3.01. The third-order valence-electron chi connectivity index (χ3n) is 3.11. The summed E-state index contributed by atoms with van der Waals surface area (Å²) < 4.78 is 41.5. The molecule has 0 aliphatic heterocycles. The largest absolute Gasteiger partial charge is 0.471 e. The highest BCUT2D eigenvalue weighted by Crippen LogP contribution is 2.29. The van der Waals surface area contributed by atoms with Gasteiger partial charge in [0, 0.05) is 18.7 Å². The number of amides is 2. The molecule has 9 heteroatoms. The quantitative estimate of drug-likeness (QED) is 0.877. The third-order valence-corrected chi connectivity index (χ3v) is 3.11. The summed E-state index contributed by atoms with van der Waals surface area (Å²) in [5.41, 5.74) is 1.16. The van der Waals surface area contributed by atoms with E-state index >= 15 is 0 Å². The van der Waals surface area contributed by atoms with Gasteiger partial charge in [-0.3, -0.25) is 0 Å². The third kappa shape index (κ3) is 5.77. The minimum Gasteiger partial charge on any atom is -0.338 e. The highest BCUT2D eigenvalue weighted by Gasteiger charge is 2.38. The number of carbonyl (C=O) groups is 1. The molecule has 0 spiro atoms. The molecule has 0 aliphatic carbocycles. The van der Waals surface area contributed by atoms with Gasteiger partial charge in [0.05, 0.1) is 0 Å². The smallest absolute Gasteiger partial charge is 0.338 e. The van der Waals surface area contributed by atoms with Gasteiger partial charge in [-0.15, -0.1) is 0 Å². The van der Waals surface area contributed by atoms with Gasteiger partial charge in [-0.1, -0.05) is 50.2 Å². The van der Waals surface area contributed by atoms with E-state index in [-0.39, 0.29) is 23.8 Å². The summed E-state index contributed by atoms with van der Waals surface area (Å²) in [5.74, 6) is -1.53. The fraction of sp³-hybridized carbons (Fsp3) is 0.438. The predicted molar refractivity (Wildman–Crippen MR) is 84.4 cm³/mol. The number of benzene rings is 1. The van der Waals surface area contributed by atoms with Gasteiger partial charge >= 0.3 is 18.1 Å². The molecule has 6 nitrogen and oxygen atoms in total. The Morgan fingerprint density at radius 3 is 2.28 bits per heavy atom. The van der Waals surface area contributed by atoms with Gasteiger partial charge in [0.2, 0.25) is 5.82 Å². The first-order valence-corrected chi connectivity index (χ1v) is 7.56. The highest BCUT2D eigenvalue weighted by molar-refractivity contribution is 5.73. The van der Waals surface area contributed by atoms with Gasteiger partial charge in [-0.05, 0) is 11.0 Å². The van der Waals surface area contributed by atoms with Gasteiger partial charge < -0.3 is 15.2 Å². The van der Waals surface area contributed by atoms with Crippen molar-refractivity contribution in [2.24, 2.45) is 5.41 Å². The molecule has 0 bridgehead atoms. The van der Waals surface area contributed by atoms with Crippen LogP contribution in [0.4, 0.5) is 18.0 Å². The number of hydrogen-bond acceptors (Lipinski definition) is 4. The van der Waals surface area contributed by atoms with Gasteiger partial charge in [0.15, 0.2) is 0 Å². The van der Waals surface area contributed by atoms with Crippen LogP contribution in [0, 0.1) is 5.41 Å². The Balaban J connectivity index is 1.92. The summed E-state index contributed by atoms with van der Waals surface area (Å²) in [6.45, 7) is 6.85. The van der Waals surface area contributed by atoms with Crippen LogP contribution in [0.1, 0.15) is 32.2 Å². The Bertz CT molecular complexity index is 718. The molecule has 1 heterocycles. The highest BCUT2D eigenvalue weighted by atomic mass is 19.4. The Kier molecular flexibility index (Phi) is 5.34. The van der Waals surface area contributed by atoms with Crippen LogP contribution in [0.25, 0.3) is 11.4 Å². The van der Waals surface area contributed by atoms with Crippen molar-refractivity contribution in [2.45, 2.75) is 33.5 Å². The molecule has 0 unspecified atom stereocenters. The molecule has 0 fully saturated rings. The van der Waals surface area contributed by atoms with E-state index in [4.69, 9.17) is 0 Å². The van der Waals surface area contributed by atoms with Crippen molar-refractivity contribution >= 4 is 6.03 Å². The maximum absolute atomic E-state index is 12.5. The van der Waals surface area contributed by atoms with Gasteiger partial charge in [0.1, 0.15) is 0 Å². The molecule has 2 rings (SSSR count). The molecular formula is C16H19F3N4O2. The molecule has 2 amide bonds. The van der Waals surface area contributed by atoms with Crippen LogP contribution in [0.5, 0.6) is 0 Å². The summed E-state index contributed by atoms with van der Waals surface area (Å²) in [5, 5.41) is 8.78. The molecule has 136 valence electrons. The molecule has 1 aromatic carbocycles. The molecular weight excluding hydrogens is 337 g/mol. The molecule has 0 aliphatic rings. The summed E-state index contributed by atoms with van der Waals surface area (Å²) in [7, 11) is 0. The maximum Gasteiger partial charge on any atom is 0.471 e. The lowest BCUT2D eigenvalue weighted by molar-refractivity contribution is -0.159. The van der Waals surface area contributed by atoms with E-state index in [1.54, 1.807) is 24.3 Å². The number of rotatable bonds is 4. The van der Waals surface area contributed by atoms with Gasteiger partial charge in [0.25, 0.3) is 0 Å². The van der Waals surface area contributed by atoms with Crippen LogP contribution in [0.15, 0.2) is 28.8 Å². The Morgan fingerprint density at radius 2 is 1.76 bits per heavy atom. The number of carbonyl (C=O) groups excluding carboxylic acids is 1. The first kappa shape index (κ1) is 18.8. The number of alkyl halides is 3. The van der Waals surface area contributed by atoms with Crippen molar-refractivity contribution in [3.63, 3.8) is 0 Å². The summed E-state index contributed by atoms with van der Waals surface area (Å²) in [6.07, 6.45) is -4.67. The monoisotopic (exact) mass is 356 g/mol. The SMILES string of the molecule is CC(C)(C)CNC(=O)NCc1ccc(-c2noc(C(F)(F)F)n2)cc1. The maximum atomic E-state index is 12.5. The zero-order chi connectivity index (χ0) is 18.7. The second-order valence-corrected chi connectivity index (χ2v) is 6.71. The van der Waals surface area contributed by atoms with Crippen LogP contribution in [0.2, 0.25) is 0 Å². The van der Waals surface area contributed by atoms with Crippen molar-refractivity contribution in [2.75, 3.05) is 6.54 Å². The fourth-order valence-corrected chi connectivity index (χ4v) is 1.82. The zero-order valence-electron chi connectivity index (χ0n) is 14.1. The van der Waals surface area contributed by atoms with Crippen LogP contribution in [-0.4, -0.2) is 22.7 Å². The lowest BCUT2D eigenvalue weighted by Crippen LogP contribution is -2.39. The molecule has 0 saturated heterocycles. The predicted octanol–water partition coefficient (Wildman–Crippen LogP) is 3.60. The van der Waals surface area contributed by atoms with E-state index in [1.807, 2.05) is 20.8 Å². The minimum atomic E-state index is -4.67. The van der Waals surface area contributed by atoms with Crippen LogP contribution in [0.3, 0.4) is 0 Å². The van der Waals surface area contributed by atoms with E-state index in [1.165, 1.54) is 0 Å². The van der Waals surface area contributed by atoms with E-state index in [2.05, 4.69) is 25.3 Å². The molecule has 0 radical (unpaired) electrons. The number of aromatic nitrogens is 2. The summed E-state index contributed by atoms with van der Waals surface area (Å²) in [4.78, 5) is 15.0. The van der Waals surface area contributed by atoms with Gasteiger partial charge in [-0.2, -0.15) is 18.2 Å². The molecule has 2 N–H and O–H groups in total. The first-order valence-electron chi connectivity index (χ1n) is 7.56. The minimum absolute atomic E-state index is 0.0150. The second-order valence-electron chi connectivity index (χ2n) is 6.71. The topological polar surface area (TPSA) is 80.0 Å². The van der Waals surface area contributed by atoms with Gasteiger partial charge in [-0.25, -0.2) is 4.79 Å². The van der Waals surface area contributed by atoms with E-state index in [9.17, 15) is 18.0 Å². The van der Waals surface area contributed by atoms with Crippen LogP contribution < -0.4 is 10.6 Å². The van der Waals surface area contributed by atoms with E-state index < -0.39 is 12.1 Å². The normalized spacial score (nSPS) is 12.1. The van der Waals surface area contributed by atoms with Crippen molar-refractivity contribution in [1.29, 1.82) is 0 Å². The number of hydrogen-bond donors (Lipinski definition) is 2. The lowest BCUT2D eigenvalue weighted by atomic mass is 9.97. The number of nitrogens with one attached hydrogen (secondary N) is 2. The molecule has 0 saturated carbocycles. The number of urea groups is 1. The molecule has 1 aromatic heterocycles. The van der Waals surface area contributed by atoms with Crippen LogP contribution in [-0.2, 0) is 12.7 Å². The Labute approximate surface area is 142 Å². The fourth-order valence-electron chi connectivity index (χ4n) is 1.82. The standard InChI is InChI=1S/C16H19F3N4O2/c1-15(2,3)9-21-14(24)20-8-10-4-6-11(7-5-10)12-22-13(25-23-12)16(17,18)19/h4-7H,8-9H2,1-3H3,(H2,20,21,24). The number of nitrogens with zero attached hydrogens (tertiary/aromatic N) is 2. The van der Waals surface area contributed by atoms with Crippen LogP contribution >= 0.6 is 0 Å². The average molecular weight is 356 g/mol.